The fourth-order valence-corrected chi connectivity index (χ4v) is 3.87. The van der Waals surface area contributed by atoms with Gasteiger partial charge in [0.15, 0.2) is 6.61 Å². The van der Waals surface area contributed by atoms with Gasteiger partial charge in [-0.1, -0.05) is 11.6 Å². The standard InChI is InChI=1S/C25H27ClN2O6/c1-15(13-32-3)27-23(29)14-34-24(30)12-20-16(2)28(22-10-9-19(33-4)11-21(20)22)25(31)17-5-7-18(26)8-6-17/h5-11,15H,12-14H2,1-4H3,(H,27,29)/t15-/m1/s1. The third-order valence-electron chi connectivity index (χ3n) is 5.35. The summed E-state index contributed by atoms with van der Waals surface area (Å²) in [5.74, 6) is -0.671. The first-order chi connectivity index (χ1) is 16.2. The molecule has 1 amide bonds. The van der Waals surface area contributed by atoms with Gasteiger partial charge in [-0.25, -0.2) is 0 Å². The highest BCUT2D eigenvalue weighted by atomic mass is 35.5. The largest absolute Gasteiger partial charge is 0.497 e. The van der Waals surface area contributed by atoms with E-state index in [9.17, 15) is 14.4 Å². The molecule has 0 fully saturated rings. The minimum atomic E-state index is -0.585. The molecule has 34 heavy (non-hydrogen) atoms. The Morgan fingerprint density at radius 1 is 1.09 bits per heavy atom. The maximum atomic E-state index is 13.3. The van der Waals surface area contributed by atoms with Crippen LogP contribution < -0.4 is 10.1 Å². The molecule has 3 rings (SSSR count). The van der Waals surface area contributed by atoms with E-state index in [1.54, 1.807) is 68.0 Å². The summed E-state index contributed by atoms with van der Waals surface area (Å²) in [4.78, 5) is 37.9. The van der Waals surface area contributed by atoms with Crippen LogP contribution >= 0.6 is 11.6 Å². The molecular weight excluding hydrogens is 460 g/mol. The van der Waals surface area contributed by atoms with Gasteiger partial charge in [-0.3, -0.25) is 19.0 Å². The van der Waals surface area contributed by atoms with Crippen LogP contribution in [0.2, 0.25) is 5.02 Å². The number of halogens is 1. The summed E-state index contributed by atoms with van der Waals surface area (Å²) >= 11 is 5.96. The molecule has 0 saturated carbocycles. The Bertz CT molecular complexity index is 1200. The summed E-state index contributed by atoms with van der Waals surface area (Å²) in [5.41, 5.74) is 2.30. The van der Waals surface area contributed by atoms with Crippen molar-refractivity contribution in [1.82, 2.24) is 9.88 Å². The Balaban J connectivity index is 1.87. The van der Waals surface area contributed by atoms with Crippen LogP contribution in [0, 0.1) is 6.92 Å². The molecule has 1 aromatic heterocycles. The number of carbonyl (C=O) groups excluding carboxylic acids is 3. The lowest BCUT2D eigenvalue weighted by atomic mass is 10.1. The van der Waals surface area contributed by atoms with Crippen LogP contribution in [0.3, 0.4) is 0 Å². The molecule has 0 bridgehead atoms. The van der Waals surface area contributed by atoms with Crippen LogP contribution in [-0.2, 0) is 25.5 Å². The molecule has 2 aromatic carbocycles. The molecular formula is C25H27ClN2O6. The molecule has 1 heterocycles. The van der Waals surface area contributed by atoms with Gasteiger partial charge >= 0.3 is 5.97 Å². The summed E-state index contributed by atoms with van der Waals surface area (Å²) in [6.07, 6.45) is -0.114. The van der Waals surface area contributed by atoms with Crippen LogP contribution in [0.25, 0.3) is 10.9 Å². The van der Waals surface area contributed by atoms with Crippen molar-refractivity contribution in [3.05, 3.63) is 64.3 Å². The molecule has 3 aromatic rings. The number of carbonyl (C=O) groups is 3. The van der Waals surface area contributed by atoms with Crippen molar-refractivity contribution in [3.8, 4) is 5.75 Å². The highest BCUT2D eigenvalue weighted by Gasteiger charge is 2.23. The third-order valence-corrected chi connectivity index (χ3v) is 5.60. The molecule has 0 saturated heterocycles. The van der Waals surface area contributed by atoms with Gasteiger partial charge in [0.2, 0.25) is 0 Å². The maximum Gasteiger partial charge on any atom is 0.310 e. The van der Waals surface area contributed by atoms with Gasteiger partial charge in [0.25, 0.3) is 11.8 Å². The Hall–Kier alpha value is -3.36. The minimum absolute atomic E-state index is 0.114. The summed E-state index contributed by atoms with van der Waals surface area (Å²) in [7, 11) is 3.08. The molecule has 1 atom stereocenters. The van der Waals surface area contributed by atoms with E-state index in [0.717, 1.165) is 0 Å². The molecule has 9 heteroatoms. The summed E-state index contributed by atoms with van der Waals surface area (Å²) in [5, 5.41) is 3.90. The lowest BCUT2D eigenvalue weighted by Gasteiger charge is -2.12. The van der Waals surface area contributed by atoms with Crippen LogP contribution in [0.15, 0.2) is 42.5 Å². The van der Waals surface area contributed by atoms with Crippen molar-refractivity contribution in [3.63, 3.8) is 0 Å². The zero-order chi connectivity index (χ0) is 24.8. The van der Waals surface area contributed by atoms with E-state index < -0.39 is 18.5 Å². The number of fused-ring (bicyclic) bond motifs is 1. The molecule has 0 radical (unpaired) electrons. The number of esters is 1. The first-order valence-electron chi connectivity index (χ1n) is 10.7. The van der Waals surface area contributed by atoms with Crippen LogP contribution in [0.1, 0.15) is 28.5 Å². The number of rotatable bonds is 9. The van der Waals surface area contributed by atoms with E-state index in [-0.39, 0.29) is 18.4 Å². The average Bonchev–Trinajstić information content (AvgIpc) is 3.08. The predicted molar refractivity (Wildman–Crippen MR) is 129 cm³/mol. The number of benzene rings is 2. The number of hydrogen-bond donors (Lipinski definition) is 1. The number of amides is 1. The second-order valence-corrected chi connectivity index (χ2v) is 8.29. The predicted octanol–water partition coefficient (Wildman–Crippen LogP) is 3.54. The van der Waals surface area contributed by atoms with Crippen molar-refractivity contribution in [2.24, 2.45) is 0 Å². The average molecular weight is 487 g/mol. The molecule has 8 nitrogen and oxygen atoms in total. The van der Waals surface area contributed by atoms with Gasteiger partial charge < -0.3 is 19.5 Å². The van der Waals surface area contributed by atoms with E-state index in [1.165, 1.54) is 7.11 Å². The molecule has 0 spiro atoms. The van der Waals surface area contributed by atoms with E-state index in [2.05, 4.69) is 5.32 Å². The lowest BCUT2D eigenvalue weighted by molar-refractivity contribution is -0.148. The third kappa shape index (κ3) is 5.76. The normalized spacial score (nSPS) is 11.8. The minimum Gasteiger partial charge on any atom is -0.497 e. The van der Waals surface area contributed by atoms with Crippen molar-refractivity contribution in [2.75, 3.05) is 27.4 Å². The van der Waals surface area contributed by atoms with Gasteiger partial charge in [-0.15, -0.1) is 0 Å². The number of nitrogens with one attached hydrogen (secondary N) is 1. The lowest BCUT2D eigenvalue weighted by Crippen LogP contribution is -2.38. The fraction of sp³-hybridized carbons (Fsp3) is 0.320. The number of hydrogen-bond acceptors (Lipinski definition) is 6. The Morgan fingerprint density at radius 2 is 1.79 bits per heavy atom. The summed E-state index contributed by atoms with van der Waals surface area (Å²) in [6.45, 7) is 3.49. The van der Waals surface area contributed by atoms with Crippen molar-refractivity contribution in [1.29, 1.82) is 0 Å². The Morgan fingerprint density at radius 3 is 2.44 bits per heavy atom. The monoisotopic (exact) mass is 486 g/mol. The molecule has 0 aliphatic rings. The second-order valence-electron chi connectivity index (χ2n) is 7.86. The topological polar surface area (TPSA) is 95.9 Å². The number of aromatic nitrogens is 1. The van der Waals surface area contributed by atoms with Gasteiger partial charge in [0.1, 0.15) is 5.75 Å². The van der Waals surface area contributed by atoms with Gasteiger partial charge in [-0.2, -0.15) is 0 Å². The first-order valence-corrected chi connectivity index (χ1v) is 11.0. The zero-order valence-corrected chi connectivity index (χ0v) is 20.3. The molecule has 0 unspecified atom stereocenters. The van der Waals surface area contributed by atoms with Gasteiger partial charge in [-0.05, 0) is 61.9 Å². The van der Waals surface area contributed by atoms with E-state index in [0.29, 0.717) is 45.1 Å². The molecule has 0 aliphatic carbocycles. The molecule has 180 valence electrons. The quantitative estimate of drug-likeness (QED) is 0.465. The van der Waals surface area contributed by atoms with E-state index >= 15 is 0 Å². The number of methoxy groups -OCH3 is 2. The van der Waals surface area contributed by atoms with Gasteiger partial charge in [0.05, 0.1) is 25.7 Å². The highest BCUT2D eigenvalue weighted by Crippen LogP contribution is 2.31. The number of nitrogens with zero attached hydrogens (tertiary/aromatic N) is 1. The second kappa shape index (κ2) is 11.2. The molecule has 0 aliphatic heterocycles. The first kappa shape index (κ1) is 25.3. The van der Waals surface area contributed by atoms with Crippen LogP contribution in [0.5, 0.6) is 5.75 Å². The summed E-state index contributed by atoms with van der Waals surface area (Å²) in [6, 6.07) is 11.7. The highest BCUT2D eigenvalue weighted by molar-refractivity contribution is 6.30. The van der Waals surface area contributed by atoms with E-state index in [4.69, 9.17) is 25.8 Å². The summed E-state index contributed by atoms with van der Waals surface area (Å²) < 4.78 is 17.0. The number of ether oxygens (including phenoxy) is 3. The van der Waals surface area contributed by atoms with Crippen molar-refractivity contribution >= 4 is 40.3 Å². The van der Waals surface area contributed by atoms with Crippen LogP contribution in [0.4, 0.5) is 0 Å². The Kier molecular flexibility index (Phi) is 8.31. The van der Waals surface area contributed by atoms with Gasteiger partial charge in [0, 0.05) is 34.8 Å². The zero-order valence-electron chi connectivity index (χ0n) is 19.5. The maximum absolute atomic E-state index is 13.3. The van der Waals surface area contributed by atoms with E-state index in [1.807, 2.05) is 0 Å². The van der Waals surface area contributed by atoms with Crippen LogP contribution in [-0.4, -0.2) is 55.8 Å². The van der Waals surface area contributed by atoms with Crippen molar-refractivity contribution in [2.45, 2.75) is 26.3 Å². The smallest absolute Gasteiger partial charge is 0.310 e. The SMILES string of the molecule is COC[C@@H](C)NC(=O)COC(=O)Cc1c(C)n(C(=O)c2ccc(Cl)cc2)c2ccc(OC)cc12. The fourth-order valence-electron chi connectivity index (χ4n) is 3.75. The Labute approximate surface area is 202 Å². The van der Waals surface area contributed by atoms with Crippen molar-refractivity contribution < 1.29 is 28.6 Å². The molecule has 1 N–H and O–H groups in total.